The maximum absolute atomic E-state index is 14.1. The van der Waals surface area contributed by atoms with E-state index in [2.05, 4.69) is 66.2 Å². The Balaban J connectivity index is 1.41. The highest BCUT2D eigenvalue weighted by molar-refractivity contribution is 5.98. The molecule has 1 aliphatic carbocycles. The van der Waals surface area contributed by atoms with Gasteiger partial charge in [-0.3, -0.25) is 14.3 Å². The highest BCUT2D eigenvalue weighted by Gasteiger charge is 2.36. The zero-order valence-corrected chi connectivity index (χ0v) is 20.1. The minimum atomic E-state index is -0.392. The molecule has 1 atom stereocenters. The van der Waals surface area contributed by atoms with Crippen molar-refractivity contribution in [2.24, 2.45) is 0 Å². The molecule has 35 heavy (non-hydrogen) atoms. The summed E-state index contributed by atoms with van der Waals surface area (Å²) in [5, 5.41) is 0. The number of nitrogens with zero attached hydrogens (tertiary/aromatic N) is 3. The number of aromatic nitrogens is 2. The second-order valence-electron chi connectivity index (χ2n) is 9.85. The summed E-state index contributed by atoms with van der Waals surface area (Å²) in [7, 11) is 0. The summed E-state index contributed by atoms with van der Waals surface area (Å²) in [4.78, 5) is 20.8. The van der Waals surface area contributed by atoms with E-state index in [1.54, 1.807) is 6.20 Å². The Bertz CT molecular complexity index is 1380. The van der Waals surface area contributed by atoms with E-state index < -0.39 is 6.04 Å². The molecule has 1 saturated heterocycles. The highest BCUT2D eigenvalue weighted by Crippen LogP contribution is 2.49. The fourth-order valence-electron chi connectivity index (χ4n) is 5.66. The van der Waals surface area contributed by atoms with Gasteiger partial charge in [-0.15, -0.1) is 0 Å². The van der Waals surface area contributed by atoms with Crippen molar-refractivity contribution in [2.75, 3.05) is 26.3 Å². The Labute approximate surface area is 206 Å². The van der Waals surface area contributed by atoms with Crippen LogP contribution in [0.2, 0.25) is 0 Å². The molecule has 5 nitrogen and oxygen atoms in total. The fraction of sp³-hybridized carbons (Fsp3) is 0.267. The molecule has 3 aromatic carbocycles. The van der Waals surface area contributed by atoms with Crippen molar-refractivity contribution in [3.05, 3.63) is 108 Å². The predicted octanol–water partition coefficient (Wildman–Crippen LogP) is 5.43. The number of fused-ring (bicyclic) bond motifs is 3. The molecule has 1 fully saturated rings. The molecule has 0 unspecified atom stereocenters. The van der Waals surface area contributed by atoms with Crippen molar-refractivity contribution >= 4 is 5.78 Å². The van der Waals surface area contributed by atoms with E-state index in [0.717, 1.165) is 24.3 Å². The van der Waals surface area contributed by atoms with Crippen LogP contribution in [0.1, 0.15) is 47.2 Å². The molecular formula is C30H29N3O2. The number of ketones is 1. The van der Waals surface area contributed by atoms with Crippen LogP contribution in [-0.2, 0) is 10.2 Å². The molecular weight excluding hydrogens is 434 g/mol. The van der Waals surface area contributed by atoms with Crippen LogP contribution >= 0.6 is 0 Å². The van der Waals surface area contributed by atoms with Gasteiger partial charge in [-0.2, -0.15) is 0 Å². The molecule has 176 valence electrons. The summed E-state index contributed by atoms with van der Waals surface area (Å²) in [6.07, 6.45) is 3.62. The van der Waals surface area contributed by atoms with Gasteiger partial charge in [0.25, 0.3) is 0 Å². The van der Waals surface area contributed by atoms with E-state index in [9.17, 15) is 4.79 Å². The Morgan fingerprint density at radius 3 is 2.43 bits per heavy atom. The zero-order valence-electron chi connectivity index (χ0n) is 20.1. The van der Waals surface area contributed by atoms with Crippen LogP contribution in [-0.4, -0.2) is 46.5 Å². The first-order valence-corrected chi connectivity index (χ1v) is 12.2. The normalized spacial score (nSPS) is 17.5. The summed E-state index contributed by atoms with van der Waals surface area (Å²) in [5.41, 5.74) is 7.00. The summed E-state index contributed by atoms with van der Waals surface area (Å²) < 4.78 is 7.51. The van der Waals surface area contributed by atoms with E-state index in [1.165, 1.54) is 22.3 Å². The van der Waals surface area contributed by atoms with Crippen LogP contribution in [0.15, 0.2) is 85.2 Å². The van der Waals surface area contributed by atoms with Gasteiger partial charge < -0.3 is 4.74 Å². The number of benzene rings is 3. The first-order valence-electron chi connectivity index (χ1n) is 12.2. The van der Waals surface area contributed by atoms with Gasteiger partial charge in [0.1, 0.15) is 6.04 Å². The summed E-state index contributed by atoms with van der Waals surface area (Å²) in [6.45, 7) is 7.24. The first-order chi connectivity index (χ1) is 17.1. The summed E-state index contributed by atoms with van der Waals surface area (Å²) in [6, 6.07) is 24.7. The molecule has 0 N–H and O–H groups in total. The third kappa shape index (κ3) is 3.63. The van der Waals surface area contributed by atoms with Gasteiger partial charge in [0.2, 0.25) is 5.78 Å². The van der Waals surface area contributed by atoms with Crippen LogP contribution in [0.5, 0.6) is 0 Å². The quantitative estimate of drug-likeness (QED) is 0.370. The van der Waals surface area contributed by atoms with Gasteiger partial charge >= 0.3 is 0 Å². The van der Waals surface area contributed by atoms with Crippen molar-refractivity contribution < 1.29 is 9.53 Å². The van der Waals surface area contributed by atoms with Crippen molar-refractivity contribution in [3.8, 4) is 16.8 Å². The molecule has 1 aliphatic heterocycles. The van der Waals surface area contributed by atoms with Crippen LogP contribution < -0.4 is 0 Å². The molecule has 6 rings (SSSR count). The van der Waals surface area contributed by atoms with Gasteiger partial charge in [0.15, 0.2) is 5.82 Å². The lowest BCUT2D eigenvalue weighted by Gasteiger charge is -2.33. The highest BCUT2D eigenvalue weighted by atomic mass is 16.5. The van der Waals surface area contributed by atoms with Crippen LogP contribution in [0.4, 0.5) is 0 Å². The fourth-order valence-corrected chi connectivity index (χ4v) is 5.66. The van der Waals surface area contributed by atoms with E-state index in [0.29, 0.717) is 19.0 Å². The minimum Gasteiger partial charge on any atom is -0.379 e. The first kappa shape index (κ1) is 22.0. The SMILES string of the molecule is CC1(C)c2ccccc2-c2ccc(-n3ccnc3C(=O)[C@H](c3ccccc3)N3CCOCC3)cc21. The van der Waals surface area contributed by atoms with Crippen LogP contribution in [0.3, 0.4) is 0 Å². The van der Waals surface area contributed by atoms with E-state index >= 15 is 0 Å². The van der Waals surface area contributed by atoms with Gasteiger partial charge in [0, 0.05) is 36.6 Å². The number of carbonyl (C=O) groups is 1. The van der Waals surface area contributed by atoms with Gasteiger partial charge in [0.05, 0.1) is 13.2 Å². The van der Waals surface area contributed by atoms with Crippen LogP contribution in [0, 0.1) is 0 Å². The van der Waals surface area contributed by atoms with Crippen molar-refractivity contribution in [1.29, 1.82) is 0 Å². The second kappa shape index (κ2) is 8.59. The van der Waals surface area contributed by atoms with Gasteiger partial charge in [-0.1, -0.05) is 74.5 Å². The molecule has 0 bridgehead atoms. The Hall–Kier alpha value is -3.54. The molecule has 0 spiro atoms. The summed E-state index contributed by atoms with van der Waals surface area (Å²) >= 11 is 0. The van der Waals surface area contributed by atoms with Crippen molar-refractivity contribution in [2.45, 2.75) is 25.3 Å². The minimum absolute atomic E-state index is 0.00569. The molecule has 0 amide bonds. The lowest BCUT2D eigenvalue weighted by molar-refractivity contribution is 0.0168. The monoisotopic (exact) mass is 463 g/mol. The Kier molecular flexibility index (Phi) is 5.39. The number of hydrogen-bond acceptors (Lipinski definition) is 4. The van der Waals surface area contributed by atoms with E-state index in [1.807, 2.05) is 41.1 Å². The van der Waals surface area contributed by atoms with Gasteiger partial charge in [-0.25, -0.2) is 4.98 Å². The zero-order chi connectivity index (χ0) is 24.0. The smallest absolute Gasteiger partial charge is 0.220 e. The third-order valence-electron chi connectivity index (χ3n) is 7.48. The largest absolute Gasteiger partial charge is 0.379 e. The van der Waals surface area contributed by atoms with Crippen molar-refractivity contribution in [3.63, 3.8) is 0 Å². The number of rotatable bonds is 5. The molecule has 2 aliphatic rings. The molecule has 2 heterocycles. The van der Waals surface area contributed by atoms with Crippen LogP contribution in [0.25, 0.3) is 16.8 Å². The Morgan fingerprint density at radius 2 is 1.63 bits per heavy atom. The van der Waals surface area contributed by atoms with E-state index in [4.69, 9.17) is 4.74 Å². The number of carbonyl (C=O) groups excluding carboxylic acids is 1. The standard InChI is InChI=1S/C30H29N3O2/c1-30(2)25-11-7-6-10-23(25)24-13-12-22(20-26(24)30)33-15-14-31-29(33)28(34)27(21-8-4-3-5-9-21)32-16-18-35-19-17-32/h3-15,20,27H,16-19H2,1-2H3/t27-/m0/s1. The lowest BCUT2D eigenvalue weighted by Crippen LogP contribution is -2.42. The molecule has 5 heteroatoms. The topological polar surface area (TPSA) is 47.4 Å². The number of ether oxygens (including phenoxy) is 1. The number of hydrogen-bond donors (Lipinski definition) is 0. The van der Waals surface area contributed by atoms with E-state index in [-0.39, 0.29) is 11.2 Å². The molecule has 0 saturated carbocycles. The lowest BCUT2D eigenvalue weighted by atomic mass is 9.82. The average Bonchev–Trinajstić information content (AvgIpc) is 3.47. The second-order valence-corrected chi connectivity index (χ2v) is 9.85. The average molecular weight is 464 g/mol. The maximum Gasteiger partial charge on any atom is 0.220 e. The molecule has 4 aromatic rings. The third-order valence-corrected chi connectivity index (χ3v) is 7.48. The predicted molar refractivity (Wildman–Crippen MR) is 137 cm³/mol. The maximum atomic E-state index is 14.1. The van der Waals surface area contributed by atoms with Gasteiger partial charge in [-0.05, 0) is 39.9 Å². The Morgan fingerprint density at radius 1 is 0.914 bits per heavy atom. The molecule has 0 radical (unpaired) electrons. The van der Waals surface area contributed by atoms with Crippen molar-refractivity contribution in [1.82, 2.24) is 14.5 Å². The number of imidazole rings is 1. The number of morpholine rings is 1. The summed E-state index contributed by atoms with van der Waals surface area (Å²) in [5.74, 6) is 0.463. The molecule has 1 aromatic heterocycles. The number of Topliss-reactive ketones (excluding diaryl/α,β-unsaturated/α-hetero) is 1.